The second-order valence-electron chi connectivity index (χ2n) is 6.89. The molecule has 1 aromatic heterocycles. The van der Waals surface area contributed by atoms with Gasteiger partial charge >= 0.3 is 5.97 Å². The number of hydrogen-bond donors (Lipinski definition) is 0. The van der Waals surface area contributed by atoms with Crippen LogP contribution >= 0.6 is 12.2 Å². The molecule has 0 unspecified atom stereocenters. The van der Waals surface area contributed by atoms with Crippen LogP contribution in [0.4, 0.5) is 0 Å². The number of rotatable bonds is 6. The number of nitrogens with zero attached hydrogens (tertiary/aromatic N) is 1. The van der Waals surface area contributed by atoms with Crippen LogP contribution in [0.1, 0.15) is 26.8 Å². The van der Waals surface area contributed by atoms with E-state index < -0.39 is 5.97 Å². The van der Waals surface area contributed by atoms with Gasteiger partial charge in [0, 0.05) is 23.2 Å². The molecule has 0 aliphatic carbocycles. The monoisotopic (exact) mass is 393 g/mol. The van der Waals surface area contributed by atoms with Gasteiger partial charge in [-0.3, -0.25) is 0 Å². The normalized spacial score (nSPS) is 10.9. The summed E-state index contributed by atoms with van der Waals surface area (Å²) in [5.74, 6) is 0.136. The number of ether oxygens (including phenoxy) is 2. The van der Waals surface area contributed by atoms with Crippen LogP contribution in [0.15, 0.2) is 66.7 Å². The predicted molar refractivity (Wildman–Crippen MR) is 115 cm³/mol. The third-order valence-corrected chi connectivity index (χ3v) is 4.79. The van der Waals surface area contributed by atoms with E-state index in [1.54, 1.807) is 6.92 Å². The predicted octanol–water partition coefficient (Wildman–Crippen LogP) is 6.07. The lowest BCUT2D eigenvalue weighted by Gasteiger charge is -2.19. The summed E-state index contributed by atoms with van der Waals surface area (Å²) in [6.45, 7) is 9.19. The topological polar surface area (TPSA) is 40.5 Å². The molecule has 0 N–H and O–H groups in total. The second kappa shape index (κ2) is 8.40. The number of fused-ring (bicyclic) bond motifs is 1. The van der Waals surface area contributed by atoms with E-state index in [2.05, 4.69) is 43.2 Å². The molecule has 28 heavy (non-hydrogen) atoms. The molecule has 0 aliphatic heterocycles. The first-order chi connectivity index (χ1) is 13.4. The van der Waals surface area contributed by atoms with E-state index in [1.807, 2.05) is 36.4 Å². The number of benzene rings is 2. The Bertz CT molecular complexity index is 1080. The molecule has 0 bridgehead atoms. The number of aromatic nitrogens is 1. The molecule has 3 aromatic rings. The Morgan fingerprint density at radius 1 is 1.14 bits per heavy atom. The number of hydrogen-bond acceptors (Lipinski definition) is 4. The third-order valence-electron chi connectivity index (χ3n) is 4.38. The van der Waals surface area contributed by atoms with E-state index in [0.29, 0.717) is 11.3 Å². The second-order valence-corrected chi connectivity index (χ2v) is 7.27. The fraction of sp³-hybridized carbons (Fsp3) is 0.217. The van der Waals surface area contributed by atoms with Gasteiger partial charge in [0.1, 0.15) is 10.4 Å². The van der Waals surface area contributed by atoms with E-state index in [-0.39, 0.29) is 12.8 Å². The van der Waals surface area contributed by atoms with Crippen molar-refractivity contribution in [2.24, 2.45) is 0 Å². The Labute approximate surface area is 170 Å². The Kier molecular flexibility index (Phi) is 5.95. The Morgan fingerprint density at radius 2 is 1.86 bits per heavy atom. The summed E-state index contributed by atoms with van der Waals surface area (Å²) in [7, 11) is 0. The summed E-state index contributed by atoms with van der Waals surface area (Å²) < 4.78 is 13.5. The van der Waals surface area contributed by atoms with Gasteiger partial charge in [0.2, 0.25) is 6.79 Å². The van der Waals surface area contributed by atoms with Crippen molar-refractivity contribution in [2.75, 3.05) is 6.79 Å². The maximum atomic E-state index is 11.5. The minimum atomic E-state index is -0.474. The zero-order valence-corrected chi connectivity index (χ0v) is 17.1. The molecule has 2 aromatic carbocycles. The Balaban J connectivity index is 2.01. The molecule has 0 spiro atoms. The molecule has 1 heterocycles. The average Bonchev–Trinajstić information content (AvgIpc) is 2.67. The number of pyridine rings is 1. The maximum absolute atomic E-state index is 11.5. The molecule has 3 rings (SSSR count). The first-order valence-electron chi connectivity index (χ1n) is 9.08. The molecule has 5 heteroatoms. The van der Waals surface area contributed by atoms with Gasteiger partial charge in [-0.1, -0.05) is 49.1 Å². The van der Waals surface area contributed by atoms with Crippen molar-refractivity contribution in [3.8, 4) is 16.9 Å². The van der Waals surface area contributed by atoms with E-state index in [1.165, 1.54) is 0 Å². The summed E-state index contributed by atoms with van der Waals surface area (Å²) in [4.78, 5) is 11.5. The fourth-order valence-electron chi connectivity index (χ4n) is 3.01. The fourth-order valence-corrected chi connectivity index (χ4v) is 3.50. The van der Waals surface area contributed by atoms with Crippen molar-refractivity contribution in [2.45, 2.75) is 26.8 Å². The molecule has 0 saturated heterocycles. The molecule has 0 atom stereocenters. The van der Waals surface area contributed by atoms with E-state index in [9.17, 15) is 4.79 Å². The van der Waals surface area contributed by atoms with Crippen molar-refractivity contribution in [3.63, 3.8) is 0 Å². The van der Waals surface area contributed by atoms with Crippen LogP contribution < -0.4 is 4.74 Å². The molecule has 144 valence electrons. The highest BCUT2D eigenvalue weighted by Crippen LogP contribution is 2.30. The number of carbonyl (C=O) groups is 1. The highest BCUT2D eigenvalue weighted by Gasteiger charge is 2.12. The SMILES string of the molecule is C=C(C)C(=O)OCOc1ccc2cc(-c3ccccc3)c(=S)n(C(C)C)c2c1. The van der Waals surface area contributed by atoms with Crippen LogP contribution in [0.5, 0.6) is 5.75 Å². The van der Waals surface area contributed by atoms with E-state index in [0.717, 1.165) is 26.7 Å². The van der Waals surface area contributed by atoms with Crippen molar-refractivity contribution in [3.05, 3.63) is 71.4 Å². The molecule has 4 nitrogen and oxygen atoms in total. The molecular weight excluding hydrogens is 370 g/mol. The van der Waals surface area contributed by atoms with Crippen molar-refractivity contribution >= 4 is 29.1 Å². The largest absolute Gasteiger partial charge is 0.457 e. The van der Waals surface area contributed by atoms with Crippen LogP contribution in [-0.4, -0.2) is 17.3 Å². The van der Waals surface area contributed by atoms with E-state index in [4.69, 9.17) is 21.7 Å². The van der Waals surface area contributed by atoms with Crippen molar-refractivity contribution in [1.82, 2.24) is 4.57 Å². The lowest BCUT2D eigenvalue weighted by atomic mass is 10.0. The molecule has 0 aliphatic rings. The van der Waals surface area contributed by atoms with Crippen LogP contribution in [-0.2, 0) is 9.53 Å². The minimum Gasteiger partial charge on any atom is -0.457 e. The Hall–Kier alpha value is -2.92. The maximum Gasteiger partial charge on any atom is 0.335 e. The average molecular weight is 394 g/mol. The lowest BCUT2D eigenvalue weighted by Crippen LogP contribution is -2.11. The van der Waals surface area contributed by atoms with Crippen molar-refractivity contribution < 1.29 is 14.3 Å². The molecule has 0 fully saturated rings. The van der Waals surface area contributed by atoms with Crippen molar-refractivity contribution in [1.29, 1.82) is 0 Å². The van der Waals surface area contributed by atoms with Gasteiger partial charge < -0.3 is 14.0 Å². The Morgan fingerprint density at radius 3 is 2.50 bits per heavy atom. The first kappa shape index (κ1) is 19.8. The highest BCUT2D eigenvalue weighted by molar-refractivity contribution is 7.71. The van der Waals surface area contributed by atoms with Gasteiger partial charge in [-0.05, 0) is 49.9 Å². The van der Waals surface area contributed by atoms with Gasteiger partial charge in [0.25, 0.3) is 0 Å². The first-order valence-corrected chi connectivity index (χ1v) is 9.49. The molecular formula is C23H23NO3S. The lowest BCUT2D eigenvalue weighted by molar-refractivity contribution is -0.145. The summed E-state index contributed by atoms with van der Waals surface area (Å²) in [5, 5.41) is 1.06. The molecule has 0 saturated carbocycles. The third kappa shape index (κ3) is 4.15. The van der Waals surface area contributed by atoms with Gasteiger partial charge in [0.15, 0.2) is 0 Å². The van der Waals surface area contributed by atoms with Gasteiger partial charge in [-0.25, -0.2) is 4.79 Å². The minimum absolute atomic E-state index is 0.165. The summed E-state index contributed by atoms with van der Waals surface area (Å²) in [6, 6.07) is 18.2. The smallest absolute Gasteiger partial charge is 0.335 e. The standard InChI is InChI=1S/C23H23NO3S/c1-15(2)23(25)27-14-26-19-11-10-18-12-20(17-8-6-5-7-9-17)22(28)24(16(3)4)21(18)13-19/h5-13,16H,1,14H2,2-4H3. The summed E-state index contributed by atoms with van der Waals surface area (Å²) >= 11 is 5.81. The molecule has 0 amide bonds. The highest BCUT2D eigenvalue weighted by atomic mass is 32.1. The molecule has 0 radical (unpaired) electrons. The van der Waals surface area contributed by atoms with Gasteiger partial charge in [-0.2, -0.15) is 0 Å². The summed E-state index contributed by atoms with van der Waals surface area (Å²) in [5.41, 5.74) is 3.43. The van der Waals surface area contributed by atoms with Crippen LogP contribution in [0.25, 0.3) is 22.0 Å². The zero-order valence-electron chi connectivity index (χ0n) is 16.3. The van der Waals surface area contributed by atoms with Crippen LogP contribution in [0, 0.1) is 4.64 Å². The number of carbonyl (C=O) groups excluding carboxylic acids is 1. The quantitative estimate of drug-likeness (QED) is 0.220. The van der Waals surface area contributed by atoms with Gasteiger partial charge in [-0.15, -0.1) is 0 Å². The zero-order chi connectivity index (χ0) is 20.3. The summed E-state index contributed by atoms with van der Waals surface area (Å²) in [6.07, 6.45) is 0. The van der Waals surface area contributed by atoms with Crippen LogP contribution in [0.3, 0.4) is 0 Å². The van der Waals surface area contributed by atoms with Crippen LogP contribution in [0.2, 0.25) is 0 Å². The number of esters is 1. The van der Waals surface area contributed by atoms with E-state index >= 15 is 0 Å². The van der Waals surface area contributed by atoms with Gasteiger partial charge in [0.05, 0.1) is 5.52 Å².